The number of piperazine rings is 1. The smallest absolute Gasteiger partial charge is 0.256 e. The number of H-pyrrole nitrogens is 1. The molecule has 8 nitrogen and oxygen atoms in total. The minimum Gasteiger partial charge on any atom is -0.360 e. The van der Waals surface area contributed by atoms with Gasteiger partial charge in [-0.15, -0.1) is 11.3 Å². The number of benzene rings is 1. The average Bonchev–Trinajstić information content (AvgIpc) is 3.53. The maximum atomic E-state index is 12.8. The van der Waals surface area contributed by atoms with Crippen LogP contribution in [0.1, 0.15) is 26.5 Å². The second kappa shape index (κ2) is 8.76. The first-order valence-electron chi connectivity index (χ1n) is 10.9. The van der Waals surface area contributed by atoms with E-state index in [0.717, 1.165) is 48.0 Å². The SMILES string of the molecule is C[NH+]1CCN(c2ccc(C(=O)Nc3n[nH]c4c3CN(C(=O)Cc3cccs3)C4)cc2)CC1. The van der Waals surface area contributed by atoms with Crippen molar-refractivity contribution in [2.75, 3.05) is 43.4 Å². The topological polar surface area (TPSA) is 85.8 Å². The highest BCUT2D eigenvalue weighted by molar-refractivity contribution is 7.10. The Labute approximate surface area is 190 Å². The maximum Gasteiger partial charge on any atom is 0.256 e. The Morgan fingerprint density at radius 3 is 2.66 bits per heavy atom. The number of anilines is 2. The zero-order valence-electron chi connectivity index (χ0n) is 18.1. The van der Waals surface area contributed by atoms with E-state index in [4.69, 9.17) is 0 Å². The Balaban J connectivity index is 1.21. The molecule has 9 heteroatoms. The van der Waals surface area contributed by atoms with E-state index >= 15 is 0 Å². The molecule has 0 spiro atoms. The fourth-order valence-electron chi connectivity index (χ4n) is 4.24. The molecular weight excluding hydrogens is 424 g/mol. The van der Waals surface area contributed by atoms with Gasteiger partial charge in [-0.3, -0.25) is 14.7 Å². The number of nitrogens with zero attached hydrogens (tertiary/aromatic N) is 3. The maximum absolute atomic E-state index is 12.8. The van der Waals surface area contributed by atoms with Crippen molar-refractivity contribution >= 4 is 34.7 Å². The van der Waals surface area contributed by atoms with Crippen LogP contribution >= 0.6 is 11.3 Å². The number of carbonyl (C=O) groups is 2. The molecule has 4 heterocycles. The van der Waals surface area contributed by atoms with Gasteiger partial charge in [-0.1, -0.05) is 6.07 Å². The van der Waals surface area contributed by atoms with Crippen LogP contribution in [0.4, 0.5) is 11.5 Å². The van der Waals surface area contributed by atoms with Gasteiger partial charge < -0.3 is 20.0 Å². The van der Waals surface area contributed by atoms with Gasteiger partial charge in [-0.2, -0.15) is 5.10 Å². The van der Waals surface area contributed by atoms with Gasteiger partial charge in [-0.25, -0.2) is 0 Å². The Morgan fingerprint density at radius 2 is 1.94 bits per heavy atom. The lowest BCUT2D eigenvalue weighted by Crippen LogP contribution is -3.12. The Morgan fingerprint density at radius 1 is 1.16 bits per heavy atom. The highest BCUT2D eigenvalue weighted by atomic mass is 32.1. The van der Waals surface area contributed by atoms with Crippen LogP contribution in [-0.2, 0) is 24.3 Å². The summed E-state index contributed by atoms with van der Waals surface area (Å²) in [5.41, 5.74) is 3.50. The van der Waals surface area contributed by atoms with Crippen LogP contribution < -0.4 is 15.1 Å². The number of nitrogens with one attached hydrogen (secondary N) is 3. The molecule has 2 aliphatic heterocycles. The number of aromatic nitrogens is 2. The third kappa shape index (κ3) is 4.26. The molecule has 1 fully saturated rings. The summed E-state index contributed by atoms with van der Waals surface area (Å²) in [4.78, 5) is 32.2. The van der Waals surface area contributed by atoms with Crippen LogP contribution in [0.15, 0.2) is 41.8 Å². The van der Waals surface area contributed by atoms with Crippen LogP contribution in [-0.4, -0.2) is 60.1 Å². The molecule has 0 saturated carbocycles. The standard InChI is InChI=1S/C23H26N6O2S/c1-27-8-10-28(11-9-27)17-6-4-16(5-7-17)23(31)24-22-19-14-29(15-20(19)25-26-22)21(30)13-18-3-2-12-32-18/h2-7,12H,8-11,13-15H2,1H3,(H2,24,25,26,31)/p+1. The van der Waals surface area contributed by atoms with Crippen LogP contribution in [0.3, 0.4) is 0 Å². The number of likely N-dealkylation sites (N-methyl/N-ethyl adjacent to an activating group) is 1. The molecule has 0 unspecified atom stereocenters. The lowest BCUT2D eigenvalue weighted by Gasteiger charge is -2.31. The van der Waals surface area contributed by atoms with Gasteiger partial charge in [0.2, 0.25) is 5.91 Å². The number of rotatable bonds is 5. The molecule has 2 amide bonds. The Hall–Kier alpha value is -3.17. The number of amides is 2. The minimum absolute atomic E-state index is 0.0791. The largest absolute Gasteiger partial charge is 0.360 e. The van der Waals surface area contributed by atoms with E-state index < -0.39 is 0 Å². The molecule has 0 bridgehead atoms. The number of hydrogen-bond acceptors (Lipinski definition) is 5. The molecule has 3 aromatic rings. The monoisotopic (exact) mass is 451 g/mol. The van der Waals surface area contributed by atoms with E-state index in [1.54, 1.807) is 21.1 Å². The first-order valence-corrected chi connectivity index (χ1v) is 11.8. The molecule has 166 valence electrons. The summed E-state index contributed by atoms with van der Waals surface area (Å²) in [6.45, 7) is 5.25. The molecule has 1 aromatic carbocycles. The molecule has 0 atom stereocenters. The van der Waals surface area contributed by atoms with Crippen molar-refractivity contribution in [3.05, 3.63) is 63.5 Å². The van der Waals surface area contributed by atoms with Gasteiger partial charge in [0, 0.05) is 21.7 Å². The molecule has 5 rings (SSSR count). The third-order valence-electron chi connectivity index (χ3n) is 6.25. The van der Waals surface area contributed by atoms with E-state index in [0.29, 0.717) is 30.9 Å². The molecule has 2 aromatic heterocycles. The first-order chi connectivity index (χ1) is 15.6. The van der Waals surface area contributed by atoms with Gasteiger partial charge in [0.05, 0.1) is 58.4 Å². The van der Waals surface area contributed by atoms with Gasteiger partial charge in [0.15, 0.2) is 5.82 Å². The van der Waals surface area contributed by atoms with E-state index in [1.807, 2.05) is 41.8 Å². The van der Waals surface area contributed by atoms with Crippen molar-refractivity contribution in [2.24, 2.45) is 0 Å². The Kier molecular flexibility index (Phi) is 5.67. The number of thiophene rings is 1. The zero-order chi connectivity index (χ0) is 22.1. The summed E-state index contributed by atoms with van der Waals surface area (Å²) < 4.78 is 0. The van der Waals surface area contributed by atoms with E-state index in [-0.39, 0.29) is 11.8 Å². The van der Waals surface area contributed by atoms with Gasteiger partial charge >= 0.3 is 0 Å². The second-order valence-corrected chi connectivity index (χ2v) is 9.51. The third-order valence-corrected chi connectivity index (χ3v) is 7.13. The van der Waals surface area contributed by atoms with Gasteiger partial charge in [-0.05, 0) is 35.7 Å². The predicted molar refractivity (Wildman–Crippen MR) is 124 cm³/mol. The van der Waals surface area contributed by atoms with Gasteiger partial charge in [0.25, 0.3) is 5.91 Å². The summed E-state index contributed by atoms with van der Waals surface area (Å²) in [7, 11) is 2.22. The van der Waals surface area contributed by atoms with E-state index in [9.17, 15) is 9.59 Å². The second-order valence-electron chi connectivity index (χ2n) is 8.48. The first kappa shape index (κ1) is 20.7. The fourth-order valence-corrected chi connectivity index (χ4v) is 4.94. The van der Waals surface area contributed by atoms with Crippen molar-refractivity contribution in [2.45, 2.75) is 19.5 Å². The highest BCUT2D eigenvalue weighted by Gasteiger charge is 2.29. The number of quaternary nitrogens is 1. The van der Waals surface area contributed by atoms with Crippen LogP contribution in [0.25, 0.3) is 0 Å². The van der Waals surface area contributed by atoms with Gasteiger partial charge in [0.1, 0.15) is 0 Å². The number of aromatic amines is 1. The Bertz CT molecular complexity index is 1100. The number of carbonyl (C=O) groups excluding carboxylic acids is 2. The number of fused-ring (bicyclic) bond motifs is 1. The van der Waals surface area contributed by atoms with Crippen LogP contribution in [0.5, 0.6) is 0 Å². The van der Waals surface area contributed by atoms with Crippen molar-refractivity contribution in [3.8, 4) is 0 Å². The molecular formula is C23H27N6O2S+. The molecule has 2 aliphatic rings. The van der Waals surface area contributed by atoms with Crippen molar-refractivity contribution in [3.63, 3.8) is 0 Å². The summed E-state index contributed by atoms with van der Waals surface area (Å²) in [6, 6.07) is 11.7. The lowest BCUT2D eigenvalue weighted by molar-refractivity contribution is -0.880. The highest BCUT2D eigenvalue weighted by Crippen LogP contribution is 2.28. The summed E-state index contributed by atoms with van der Waals surface area (Å²) in [5.74, 6) is 0.384. The van der Waals surface area contributed by atoms with Crippen molar-refractivity contribution in [1.82, 2.24) is 15.1 Å². The molecule has 0 aliphatic carbocycles. The minimum atomic E-state index is -0.197. The summed E-state index contributed by atoms with van der Waals surface area (Å²) >= 11 is 1.59. The normalized spacial score (nSPS) is 16.3. The zero-order valence-corrected chi connectivity index (χ0v) is 18.9. The summed E-state index contributed by atoms with van der Waals surface area (Å²) in [5, 5.41) is 12.1. The van der Waals surface area contributed by atoms with Crippen LogP contribution in [0, 0.1) is 0 Å². The summed E-state index contributed by atoms with van der Waals surface area (Å²) in [6.07, 6.45) is 0.401. The van der Waals surface area contributed by atoms with E-state index in [1.165, 1.54) is 0 Å². The molecule has 32 heavy (non-hydrogen) atoms. The fraction of sp³-hybridized carbons (Fsp3) is 0.348. The molecule has 3 N–H and O–H groups in total. The average molecular weight is 452 g/mol. The van der Waals surface area contributed by atoms with E-state index in [2.05, 4.69) is 27.5 Å². The van der Waals surface area contributed by atoms with Crippen molar-refractivity contribution < 1.29 is 14.5 Å². The predicted octanol–water partition coefficient (Wildman–Crippen LogP) is 1.14. The molecule has 1 saturated heterocycles. The quantitative estimate of drug-likeness (QED) is 0.543. The lowest BCUT2D eigenvalue weighted by atomic mass is 10.1. The number of hydrogen-bond donors (Lipinski definition) is 3. The molecule has 0 radical (unpaired) electrons. The van der Waals surface area contributed by atoms with Crippen LogP contribution in [0.2, 0.25) is 0 Å². The van der Waals surface area contributed by atoms with Crippen molar-refractivity contribution in [1.29, 1.82) is 0 Å².